The summed E-state index contributed by atoms with van der Waals surface area (Å²) in [6.07, 6.45) is 0.0867. The van der Waals surface area contributed by atoms with Crippen molar-refractivity contribution in [2.45, 2.75) is 111 Å². The highest BCUT2D eigenvalue weighted by atomic mass is 16.5. The van der Waals surface area contributed by atoms with Crippen LogP contribution in [0.4, 0.5) is 0 Å². The highest BCUT2D eigenvalue weighted by molar-refractivity contribution is 5.98. The van der Waals surface area contributed by atoms with Gasteiger partial charge in [0.2, 0.25) is 23.6 Å². The molecule has 1 rings (SSSR count). The van der Waals surface area contributed by atoms with Crippen molar-refractivity contribution in [1.82, 2.24) is 21.3 Å². The van der Waals surface area contributed by atoms with Crippen molar-refractivity contribution in [2.24, 2.45) is 17.6 Å². The Morgan fingerprint density at radius 2 is 1.37 bits per heavy atom. The number of amides is 4. The van der Waals surface area contributed by atoms with Crippen LogP contribution in [0.3, 0.4) is 0 Å². The second kappa shape index (κ2) is 19.6. The quantitative estimate of drug-likeness (QED) is 0.0941. The topological polar surface area (TPSA) is 206 Å². The lowest BCUT2D eigenvalue weighted by atomic mass is 9.99. The summed E-state index contributed by atoms with van der Waals surface area (Å²) in [4.78, 5) is 77.4. The fraction of sp³-hybridized carbons (Fsp3) is 0.636. The SMILES string of the molecule is CC(=O)NC(C(=O)NC(CC(C)C)C(=O)NC(C(=O)NC(CCCCN)C(=O)COC(=O)c1c(C)cccc1C)C(C)O)C(C)C. The zero-order valence-electron chi connectivity index (χ0n) is 28.4. The molecule has 7 N–H and O–H groups in total. The number of rotatable bonds is 19. The first kappa shape index (κ1) is 40.2. The smallest absolute Gasteiger partial charge is 0.339 e. The molecule has 13 heteroatoms. The van der Waals surface area contributed by atoms with Crippen LogP contribution in [0.5, 0.6) is 0 Å². The minimum atomic E-state index is -1.47. The highest BCUT2D eigenvalue weighted by Crippen LogP contribution is 2.15. The molecule has 13 nitrogen and oxygen atoms in total. The van der Waals surface area contributed by atoms with Gasteiger partial charge in [0.25, 0.3) is 0 Å². The lowest BCUT2D eigenvalue weighted by Crippen LogP contribution is -2.60. The Morgan fingerprint density at radius 3 is 1.87 bits per heavy atom. The third kappa shape index (κ3) is 13.3. The van der Waals surface area contributed by atoms with E-state index in [1.54, 1.807) is 45.9 Å². The first-order valence-corrected chi connectivity index (χ1v) is 15.8. The molecule has 0 aliphatic heterocycles. The summed E-state index contributed by atoms with van der Waals surface area (Å²) in [5, 5.41) is 20.8. The third-order valence-electron chi connectivity index (χ3n) is 7.39. The summed E-state index contributed by atoms with van der Waals surface area (Å²) in [5.41, 5.74) is 7.36. The van der Waals surface area contributed by atoms with Gasteiger partial charge in [-0.25, -0.2) is 4.79 Å². The van der Waals surface area contributed by atoms with Crippen LogP contribution in [0.2, 0.25) is 0 Å². The van der Waals surface area contributed by atoms with E-state index in [0.717, 1.165) is 0 Å². The first-order valence-electron chi connectivity index (χ1n) is 15.8. The molecule has 0 aliphatic carbocycles. The molecule has 0 aliphatic rings. The van der Waals surface area contributed by atoms with E-state index in [1.807, 2.05) is 13.8 Å². The van der Waals surface area contributed by atoms with Crippen LogP contribution >= 0.6 is 0 Å². The molecule has 0 aromatic heterocycles. The second-order valence-electron chi connectivity index (χ2n) is 12.5. The number of ether oxygens (including phenoxy) is 1. The maximum atomic E-state index is 13.4. The number of carbonyl (C=O) groups excluding carboxylic acids is 6. The zero-order valence-corrected chi connectivity index (χ0v) is 28.4. The van der Waals surface area contributed by atoms with Gasteiger partial charge in [0, 0.05) is 6.92 Å². The number of nitrogens with two attached hydrogens (primary N) is 1. The Morgan fingerprint density at radius 1 is 0.804 bits per heavy atom. The van der Waals surface area contributed by atoms with E-state index >= 15 is 0 Å². The van der Waals surface area contributed by atoms with Crippen molar-refractivity contribution in [2.75, 3.05) is 13.2 Å². The summed E-state index contributed by atoms with van der Waals surface area (Å²) < 4.78 is 5.31. The Hall–Kier alpha value is -3.84. The molecule has 0 saturated carbocycles. The summed E-state index contributed by atoms with van der Waals surface area (Å²) in [7, 11) is 0. The van der Waals surface area contributed by atoms with Gasteiger partial charge in [-0.15, -0.1) is 0 Å². The minimum Gasteiger partial charge on any atom is -0.454 e. The number of unbranched alkanes of at least 4 members (excludes halogenated alkanes) is 1. The van der Waals surface area contributed by atoms with Crippen LogP contribution in [0.1, 0.15) is 88.7 Å². The number of aliphatic hydroxyl groups is 1. The summed E-state index contributed by atoms with van der Waals surface area (Å²) in [6.45, 7) is 13.1. The second-order valence-corrected chi connectivity index (χ2v) is 12.5. The molecule has 46 heavy (non-hydrogen) atoms. The molecule has 0 spiro atoms. The fourth-order valence-electron chi connectivity index (χ4n) is 4.89. The van der Waals surface area contributed by atoms with Crippen LogP contribution in [0, 0.1) is 25.7 Å². The van der Waals surface area contributed by atoms with Gasteiger partial charge in [-0.1, -0.05) is 45.9 Å². The first-order chi connectivity index (χ1) is 21.5. The number of aliphatic hydroxyl groups excluding tert-OH is 1. The maximum Gasteiger partial charge on any atom is 0.339 e. The van der Waals surface area contributed by atoms with Gasteiger partial charge in [0.05, 0.1) is 17.7 Å². The number of aryl methyl sites for hydroxylation is 2. The van der Waals surface area contributed by atoms with Crippen LogP contribution in [0.25, 0.3) is 0 Å². The van der Waals surface area contributed by atoms with E-state index in [4.69, 9.17) is 10.5 Å². The number of esters is 1. The van der Waals surface area contributed by atoms with Gasteiger partial charge in [-0.05, 0) is 76.0 Å². The summed E-state index contributed by atoms with van der Waals surface area (Å²) >= 11 is 0. The van der Waals surface area contributed by atoms with Crippen LogP contribution < -0.4 is 27.0 Å². The number of hydrogen-bond acceptors (Lipinski definition) is 9. The largest absolute Gasteiger partial charge is 0.454 e. The lowest BCUT2D eigenvalue weighted by Gasteiger charge is -2.28. The van der Waals surface area contributed by atoms with Gasteiger partial charge in [0.1, 0.15) is 18.1 Å². The van der Waals surface area contributed by atoms with Crippen molar-refractivity contribution in [3.05, 3.63) is 34.9 Å². The number of benzene rings is 1. The number of Topliss-reactive ketones (excluding diaryl/α,β-unsaturated/α-hetero) is 1. The molecule has 1 aromatic carbocycles. The van der Waals surface area contributed by atoms with E-state index in [0.29, 0.717) is 36.1 Å². The Balaban J connectivity index is 3.11. The van der Waals surface area contributed by atoms with Crippen molar-refractivity contribution in [3.63, 3.8) is 0 Å². The molecular formula is C33H53N5O8. The van der Waals surface area contributed by atoms with Gasteiger partial charge < -0.3 is 36.8 Å². The normalized spacial score (nSPS) is 14.4. The van der Waals surface area contributed by atoms with E-state index in [9.17, 15) is 33.9 Å². The van der Waals surface area contributed by atoms with Crippen LogP contribution in [-0.4, -0.2) is 83.9 Å². The van der Waals surface area contributed by atoms with E-state index in [1.165, 1.54) is 13.8 Å². The molecule has 4 amide bonds. The van der Waals surface area contributed by atoms with Crippen molar-refractivity contribution >= 4 is 35.4 Å². The van der Waals surface area contributed by atoms with E-state index in [2.05, 4.69) is 21.3 Å². The van der Waals surface area contributed by atoms with Gasteiger partial charge >= 0.3 is 5.97 Å². The molecule has 5 unspecified atom stereocenters. The monoisotopic (exact) mass is 647 g/mol. The maximum absolute atomic E-state index is 13.4. The fourth-order valence-corrected chi connectivity index (χ4v) is 4.89. The predicted molar refractivity (Wildman–Crippen MR) is 173 cm³/mol. The molecule has 5 atom stereocenters. The number of hydrogen-bond donors (Lipinski definition) is 6. The molecule has 258 valence electrons. The number of ketones is 1. The van der Waals surface area contributed by atoms with Gasteiger partial charge in [0.15, 0.2) is 12.4 Å². The molecule has 0 bridgehead atoms. The Labute approximate surface area is 272 Å². The van der Waals surface area contributed by atoms with Gasteiger partial charge in [-0.3, -0.25) is 24.0 Å². The average Bonchev–Trinajstić information content (AvgIpc) is 2.95. The average molecular weight is 648 g/mol. The van der Waals surface area contributed by atoms with Gasteiger partial charge in [-0.2, -0.15) is 0 Å². The minimum absolute atomic E-state index is 0.0381. The Bertz CT molecular complexity index is 1200. The standard InChI is InChI=1S/C33H53N5O8/c1-18(2)16-25(37-31(43)28(19(3)4)35-23(8)40)30(42)38-29(22(7)39)32(44)36-24(14-9-10-15-34)26(41)17-46-33(45)27-20(5)12-11-13-21(27)6/h11-13,18-19,22,24-25,28-29,39H,9-10,14-17,34H2,1-8H3,(H,35,40)(H,36,44)(H,37,43)(H,38,42). The van der Waals surface area contributed by atoms with Crippen molar-refractivity contribution < 1.29 is 38.6 Å². The Kier molecular flexibility index (Phi) is 17.1. The van der Waals surface area contributed by atoms with E-state index in [-0.39, 0.29) is 24.7 Å². The van der Waals surface area contributed by atoms with Crippen molar-refractivity contribution in [1.29, 1.82) is 0 Å². The molecular weight excluding hydrogens is 594 g/mol. The number of carbonyl (C=O) groups is 6. The molecule has 0 radical (unpaired) electrons. The molecule has 1 aromatic rings. The molecule has 0 saturated heterocycles. The highest BCUT2D eigenvalue weighted by Gasteiger charge is 2.34. The third-order valence-corrected chi connectivity index (χ3v) is 7.39. The molecule has 0 fully saturated rings. The summed E-state index contributed by atoms with van der Waals surface area (Å²) in [6, 6.07) is 0.794. The van der Waals surface area contributed by atoms with Crippen molar-refractivity contribution in [3.8, 4) is 0 Å². The number of nitrogens with one attached hydrogen (secondary N) is 4. The molecule has 0 heterocycles. The summed E-state index contributed by atoms with van der Waals surface area (Å²) in [5.74, 6) is -4.05. The van der Waals surface area contributed by atoms with Crippen LogP contribution in [0.15, 0.2) is 18.2 Å². The predicted octanol–water partition coefficient (Wildman–Crippen LogP) is 1.20. The zero-order chi connectivity index (χ0) is 35.1. The lowest BCUT2D eigenvalue weighted by molar-refractivity contribution is -0.136. The van der Waals surface area contributed by atoms with E-state index < -0.39 is 72.3 Å². The van der Waals surface area contributed by atoms with Crippen LogP contribution in [-0.2, 0) is 28.7 Å².